The Kier molecular flexibility index (Phi) is 5.12. The molecule has 0 aromatic carbocycles. The molecule has 1 aliphatic carbocycles. The van der Waals surface area contributed by atoms with E-state index >= 15 is 0 Å². The van der Waals surface area contributed by atoms with Crippen molar-refractivity contribution in [2.24, 2.45) is 11.8 Å². The van der Waals surface area contributed by atoms with E-state index in [1.807, 2.05) is 0 Å². The minimum Gasteiger partial charge on any atom is -0.474 e. The Morgan fingerprint density at radius 3 is 2.62 bits per heavy atom. The van der Waals surface area contributed by atoms with Gasteiger partial charge in [0.05, 0.1) is 5.56 Å². The molecular formula is C16H22F3NO. The van der Waals surface area contributed by atoms with Crippen LogP contribution in [0.1, 0.15) is 51.5 Å². The Hall–Kier alpha value is -1.26. The third-order valence-electron chi connectivity index (χ3n) is 4.21. The van der Waals surface area contributed by atoms with Gasteiger partial charge < -0.3 is 4.74 Å². The van der Waals surface area contributed by atoms with Crippen LogP contribution >= 0.6 is 0 Å². The lowest BCUT2D eigenvalue weighted by molar-refractivity contribution is -0.137. The first-order chi connectivity index (χ1) is 9.90. The number of pyridine rings is 1. The maximum absolute atomic E-state index is 12.5. The van der Waals surface area contributed by atoms with Crippen LogP contribution in [0.25, 0.3) is 0 Å². The number of hydrogen-bond acceptors (Lipinski definition) is 2. The first kappa shape index (κ1) is 16.1. The zero-order chi connectivity index (χ0) is 15.5. The highest BCUT2D eigenvalue weighted by Crippen LogP contribution is 2.36. The van der Waals surface area contributed by atoms with Crippen molar-refractivity contribution >= 4 is 0 Å². The zero-order valence-electron chi connectivity index (χ0n) is 12.5. The van der Waals surface area contributed by atoms with Gasteiger partial charge in [0.2, 0.25) is 5.88 Å². The average molecular weight is 301 g/mol. The smallest absolute Gasteiger partial charge is 0.417 e. The molecule has 1 heterocycles. The highest BCUT2D eigenvalue weighted by atomic mass is 19.4. The molecule has 0 amide bonds. The number of hydrogen-bond donors (Lipinski definition) is 0. The Morgan fingerprint density at radius 1 is 1.29 bits per heavy atom. The lowest BCUT2D eigenvalue weighted by atomic mass is 10.00. The van der Waals surface area contributed by atoms with Crippen molar-refractivity contribution in [2.75, 3.05) is 0 Å². The summed E-state index contributed by atoms with van der Waals surface area (Å²) in [5.41, 5.74) is -0.741. The van der Waals surface area contributed by atoms with Crippen LogP contribution in [-0.2, 0) is 6.18 Å². The van der Waals surface area contributed by atoms with Crippen molar-refractivity contribution in [1.29, 1.82) is 0 Å². The second-order valence-electron chi connectivity index (χ2n) is 6.00. The first-order valence-electron chi connectivity index (χ1n) is 7.60. The van der Waals surface area contributed by atoms with Crippen LogP contribution in [0.3, 0.4) is 0 Å². The average Bonchev–Trinajstić information content (AvgIpc) is 2.76. The van der Waals surface area contributed by atoms with Gasteiger partial charge in [0.25, 0.3) is 0 Å². The van der Waals surface area contributed by atoms with Crippen LogP contribution in [0.2, 0.25) is 0 Å². The van der Waals surface area contributed by atoms with E-state index in [0.717, 1.165) is 25.1 Å². The molecule has 1 aromatic rings. The van der Waals surface area contributed by atoms with Gasteiger partial charge in [-0.3, -0.25) is 0 Å². The summed E-state index contributed by atoms with van der Waals surface area (Å²) in [5, 5.41) is 0. The monoisotopic (exact) mass is 301 g/mol. The van der Waals surface area contributed by atoms with E-state index < -0.39 is 11.7 Å². The van der Waals surface area contributed by atoms with Crippen molar-refractivity contribution in [3.8, 4) is 5.88 Å². The third-order valence-corrected chi connectivity index (χ3v) is 4.21. The highest BCUT2D eigenvalue weighted by Gasteiger charge is 2.33. The summed E-state index contributed by atoms with van der Waals surface area (Å²) >= 11 is 0. The van der Waals surface area contributed by atoms with Crippen LogP contribution in [-0.4, -0.2) is 11.1 Å². The Labute approximate surface area is 123 Å². The molecule has 0 radical (unpaired) electrons. The van der Waals surface area contributed by atoms with Gasteiger partial charge in [-0.25, -0.2) is 4.98 Å². The number of unbranched alkanes of at least 4 members (excludes halogenated alkanes) is 1. The summed E-state index contributed by atoms with van der Waals surface area (Å²) in [7, 11) is 0. The second kappa shape index (κ2) is 6.67. The molecule has 1 aliphatic rings. The maximum atomic E-state index is 12.5. The molecule has 21 heavy (non-hydrogen) atoms. The molecular weight excluding hydrogens is 279 g/mol. The van der Waals surface area contributed by atoms with Crippen molar-refractivity contribution in [1.82, 2.24) is 4.98 Å². The van der Waals surface area contributed by atoms with Gasteiger partial charge >= 0.3 is 6.18 Å². The van der Waals surface area contributed by atoms with E-state index in [-0.39, 0.29) is 12.0 Å². The van der Waals surface area contributed by atoms with Gasteiger partial charge in [-0.2, -0.15) is 13.2 Å². The van der Waals surface area contributed by atoms with Crippen LogP contribution < -0.4 is 4.74 Å². The predicted octanol–water partition coefficient (Wildman–Crippen LogP) is 5.08. The molecule has 1 fully saturated rings. The molecule has 0 aliphatic heterocycles. The Morgan fingerprint density at radius 2 is 2.05 bits per heavy atom. The number of rotatable bonds is 5. The Balaban J connectivity index is 1.92. The van der Waals surface area contributed by atoms with Crippen molar-refractivity contribution in [2.45, 2.75) is 58.2 Å². The minimum atomic E-state index is -4.35. The SMILES string of the molecule is CCCCC1CC(C)C(Oc2ccc(C(F)(F)F)cn2)C1. The fourth-order valence-corrected chi connectivity index (χ4v) is 3.00. The van der Waals surface area contributed by atoms with Gasteiger partial charge in [0.1, 0.15) is 6.10 Å². The topological polar surface area (TPSA) is 22.1 Å². The number of aromatic nitrogens is 1. The summed E-state index contributed by atoms with van der Waals surface area (Å²) < 4.78 is 43.2. The van der Waals surface area contributed by atoms with Crippen LogP contribution in [0.5, 0.6) is 5.88 Å². The summed E-state index contributed by atoms with van der Waals surface area (Å²) in [6.07, 6.45) is 2.28. The fraction of sp³-hybridized carbons (Fsp3) is 0.688. The van der Waals surface area contributed by atoms with Crippen LogP contribution in [0.4, 0.5) is 13.2 Å². The van der Waals surface area contributed by atoms with Gasteiger partial charge in [-0.1, -0.05) is 33.1 Å². The number of alkyl halides is 3. The molecule has 0 N–H and O–H groups in total. The maximum Gasteiger partial charge on any atom is 0.417 e. The standard InChI is InChI=1S/C16H22F3NO/c1-3-4-5-12-8-11(2)14(9-12)21-15-7-6-13(10-20-15)16(17,18)19/h6-7,10-12,14H,3-5,8-9H2,1-2H3. The minimum absolute atomic E-state index is 0.0658. The van der Waals surface area contributed by atoms with E-state index in [1.165, 1.54) is 25.3 Å². The first-order valence-corrected chi connectivity index (χ1v) is 7.60. The molecule has 0 bridgehead atoms. The molecule has 5 heteroatoms. The van der Waals surface area contributed by atoms with E-state index in [2.05, 4.69) is 18.8 Å². The van der Waals surface area contributed by atoms with Gasteiger partial charge in [0.15, 0.2) is 0 Å². The molecule has 0 spiro atoms. The van der Waals surface area contributed by atoms with Crippen molar-refractivity contribution in [3.63, 3.8) is 0 Å². The van der Waals surface area contributed by atoms with E-state index in [1.54, 1.807) is 0 Å². The summed E-state index contributed by atoms with van der Waals surface area (Å²) in [4.78, 5) is 3.79. The molecule has 2 nitrogen and oxygen atoms in total. The second-order valence-corrected chi connectivity index (χ2v) is 6.00. The van der Waals surface area contributed by atoms with Crippen molar-refractivity contribution < 1.29 is 17.9 Å². The van der Waals surface area contributed by atoms with Crippen molar-refractivity contribution in [3.05, 3.63) is 23.9 Å². The molecule has 3 unspecified atom stereocenters. The van der Waals surface area contributed by atoms with Crippen LogP contribution in [0.15, 0.2) is 18.3 Å². The largest absolute Gasteiger partial charge is 0.474 e. The fourth-order valence-electron chi connectivity index (χ4n) is 3.00. The molecule has 3 atom stereocenters. The lowest BCUT2D eigenvalue weighted by Gasteiger charge is -2.17. The molecule has 1 saturated carbocycles. The third kappa shape index (κ3) is 4.35. The molecule has 118 valence electrons. The van der Waals surface area contributed by atoms with E-state index in [9.17, 15) is 13.2 Å². The number of ether oxygens (including phenoxy) is 1. The molecule has 1 aromatic heterocycles. The molecule has 2 rings (SSSR count). The quantitative estimate of drug-likeness (QED) is 0.756. The van der Waals surface area contributed by atoms with E-state index in [4.69, 9.17) is 4.74 Å². The zero-order valence-corrected chi connectivity index (χ0v) is 12.5. The van der Waals surface area contributed by atoms with Gasteiger partial charge in [-0.05, 0) is 30.7 Å². The predicted molar refractivity (Wildman–Crippen MR) is 75.1 cm³/mol. The highest BCUT2D eigenvalue weighted by molar-refractivity contribution is 5.20. The van der Waals surface area contributed by atoms with Gasteiger partial charge in [0, 0.05) is 12.3 Å². The lowest BCUT2D eigenvalue weighted by Crippen LogP contribution is -2.20. The number of nitrogens with zero attached hydrogens (tertiary/aromatic N) is 1. The summed E-state index contributed by atoms with van der Waals surface area (Å²) in [6.45, 7) is 4.32. The summed E-state index contributed by atoms with van der Waals surface area (Å²) in [5.74, 6) is 1.38. The van der Waals surface area contributed by atoms with Gasteiger partial charge in [-0.15, -0.1) is 0 Å². The van der Waals surface area contributed by atoms with Crippen LogP contribution in [0, 0.1) is 11.8 Å². The normalized spacial score (nSPS) is 26.0. The molecule has 0 saturated heterocycles. The Bertz CT molecular complexity index is 444. The summed E-state index contributed by atoms with van der Waals surface area (Å²) in [6, 6.07) is 2.34. The van der Waals surface area contributed by atoms with E-state index in [0.29, 0.717) is 11.8 Å². The number of halogens is 3.